The number of hydrogen-bond donors (Lipinski definition) is 2. The summed E-state index contributed by atoms with van der Waals surface area (Å²) in [7, 11) is 0.768. The molecule has 0 saturated carbocycles. The number of likely N-dealkylation sites (N-methyl/N-ethyl adjacent to an activating group) is 1. The van der Waals surface area contributed by atoms with Crippen LogP contribution in [0.15, 0.2) is 41.8 Å². The zero-order valence-corrected chi connectivity index (χ0v) is 14.8. The van der Waals surface area contributed by atoms with Gasteiger partial charge in [-0.2, -0.15) is 0 Å². The summed E-state index contributed by atoms with van der Waals surface area (Å²) >= 11 is 0. The number of aldehydes is 1. The Morgan fingerprint density at radius 2 is 2.04 bits per heavy atom. The molecular weight excluding hydrogens is 310 g/mol. The van der Waals surface area contributed by atoms with E-state index in [1.165, 1.54) is 12.5 Å². The van der Waals surface area contributed by atoms with E-state index in [1.54, 1.807) is 0 Å². The van der Waals surface area contributed by atoms with Gasteiger partial charge in [-0.3, -0.25) is 4.79 Å². The molecule has 1 fully saturated rings. The molecule has 1 aromatic rings. The molecule has 0 radical (unpaired) electrons. The molecule has 23 heavy (non-hydrogen) atoms. The Bertz CT molecular complexity index is 499. The maximum atomic E-state index is 12.3. The second-order valence-electron chi connectivity index (χ2n) is 5.27. The highest BCUT2D eigenvalue weighted by Gasteiger charge is 2.20. The highest BCUT2D eigenvalue weighted by Crippen LogP contribution is 2.14. The lowest BCUT2D eigenvalue weighted by molar-refractivity contribution is -0.104. The van der Waals surface area contributed by atoms with Crippen LogP contribution in [0.3, 0.4) is 0 Å². The van der Waals surface area contributed by atoms with Gasteiger partial charge in [0.25, 0.3) is 0 Å². The van der Waals surface area contributed by atoms with E-state index in [-0.39, 0.29) is 0 Å². The number of hydrogen-bond acceptors (Lipinski definition) is 4. The molecule has 2 unspecified atom stereocenters. The summed E-state index contributed by atoms with van der Waals surface area (Å²) in [6.45, 7) is 8.52. The third-order valence-corrected chi connectivity index (χ3v) is 4.93. The van der Waals surface area contributed by atoms with Crippen LogP contribution in [0.2, 0.25) is 0 Å². The fourth-order valence-corrected chi connectivity index (χ4v) is 3.42. The summed E-state index contributed by atoms with van der Waals surface area (Å²) in [5, 5.41) is 3.06. The van der Waals surface area contributed by atoms with Crippen LogP contribution in [0.25, 0.3) is 0 Å². The van der Waals surface area contributed by atoms with Crippen molar-refractivity contribution in [3.63, 3.8) is 0 Å². The predicted octanol–water partition coefficient (Wildman–Crippen LogP) is 2.20. The van der Waals surface area contributed by atoms with Gasteiger partial charge in [0.1, 0.15) is 17.3 Å². The molecule has 0 aromatic heterocycles. The van der Waals surface area contributed by atoms with E-state index in [1.807, 2.05) is 31.3 Å². The first kappa shape index (κ1) is 19.5. The van der Waals surface area contributed by atoms with Crippen LogP contribution in [0.1, 0.15) is 19.8 Å². The Morgan fingerprint density at radius 3 is 2.57 bits per heavy atom. The highest BCUT2D eigenvalue weighted by molar-refractivity contribution is 7.83. The smallest absolute Gasteiger partial charge is 0.142 e. The molecule has 1 aliphatic heterocycles. The third kappa shape index (κ3) is 7.07. The topological polar surface area (TPSA) is 61.4 Å². The lowest BCUT2D eigenvalue weighted by Crippen LogP contribution is -2.45. The molecule has 1 aromatic carbocycles. The first-order chi connectivity index (χ1) is 11.1. The molecule has 1 saturated heterocycles. The summed E-state index contributed by atoms with van der Waals surface area (Å²) in [5.41, 5.74) is 1.04. The average Bonchev–Trinajstić information content (AvgIpc) is 2.62. The number of anilines is 1. The van der Waals surface area contributed by atoms with E-state index in [2.05, 4.69) is 28.4 Å². The zero-order chi connectivity index (χ0) is 17.1. The standard InChI is InChI=1S/C14H23N3OS.C3H4O/c1-3-17-10-4-5-13(11-17)16-19(18)14-8-6-12(15-2)7-9-14;1-2-3-4/h6-9,13,15-16H,3-5,10-11H2,1-2H3;2-3H,1H2. The molecule has 0 bridgehead atoms. The normalized spacial score (nSPS) is 19.1. The second kappa shape index (κ2) is 11.1. The molecule has 1 heterocycles. The van der Waals surface area contributed by atoms with Crippen LogP contribution in [-0.4, -0.2) is 48.1 Å². The van der Waals surface area contributed by atoms with Gasteiger partial charge in [-0.25, -0.2) is 8.93 Å². The van der Waals surface area contributed by atoms with Gasteiger partial charge in [-0.15, -0.1) is 0 Å². The third-order valence-electron chi connectivity index (χ3n) is 3.68. The molecule has 5 nitrogen and oxygen atoms in total. The van der Waals surface area contributed by atoms with Gasteiger partial charge in [-0.05, 0) is 56.3 Å². The number of allylic oxidation sites excluding steroid dienone is 1. The molecule has 6 heteroatoms. The Balaban J connectivity index is 0.000000593. The Morgan fingerprint density at radius 1 is 1.39 bits per heavy atom. The van der Waals surface area contributed by atoms with Crippen LogP contribution < -0.4 is 10.0 Å². The molecule has 0 spiro atoms. The van der Waals surface area contributed by atoms with Gasteiger partial charge in [0.15, 0.2) is 0 Å². The van der Waals surface area contributed by atoms with Crippen molar-refractivity contribution in [2.24, 2.45) is 0 Å². The zero-order valence-electron chi connectivity index (χ0n) is 14.0. The van der Waals surface area contributed by atoms with Crippen LogP contribution in [0.4, 0.5) is 5.69 Å². The highest BCUT2D eigenvalue weighted by atomic mass is 32.2. The monoisotopic (exact) mass is 337 g/mol. The summed E-state index contributed by atoms with van der Waals surface area (Å²) in [5.74, 6) is 0. The van der Waals surface area contributed by atoms with Crippen LogP contribution >= 0.6 is 0 Å². The van der Waals surface area contributed by atoms with E-state index in [4.69, 9.17) is 4.79 Å². The minimum atomic E-state index is -1.11. The van der Waals surface area contributed by atoms with Crippen molar-refractivity contribution >= 4 is 23.0 Å². The first-order valence-corrected chi connectivity index (χ1v) is 9.03. The van der Waals surface area contributed by atoms with Crippen molar-refractivity contribution in [2.75, 3.05) is 32.0 Å². The van der Waals surface area contributed by atoms with Crippen molar-refractivity contribution in [3.05, 3.63) is 36.9 Å². The summed E-state index contributed by atoms with van der Waals surface area (Å²) < 4.78 is 15.5. The van der Waals surface area contributed by atoms with Gasteiger partial charge in [0.05, 0.1) is 4.90 Å². The first-order valence-electron chi connectivity index (χ1n) is 7.88. The maximum Gasteiger partial charge on any atom is 0.142 e. The fourth-order valence-electron chi connectivity index (χ4n) is 2.40. The van der Waals surface area contributed by atoms with E-state index in [9.17, 15) is 4.21 Å². The van der Waals surface area contributed by atoms with Gasteiger partial charge in [-0.1, -0.05) is 13.5 Å². The molecule has 1 aliphatic rings. The van der Waals surface area contributed by atoms with Crippen LogP contribution in [0, 0.1) is 0 Å². The molecule has 2 rings (SSSR count). The summed E-state index contributed by atoms with van der Waals surface area (Å²) in [6.07, 6.45) is 4.12. The van der Waals surface area contributed by atoms with Crippen LogP contribution in [-0.2, 0) is 15.8 Å². The average molecular weight is 337 g/mol. The van der Waals surface area contributed by atoms with Crippen molar-refractivity contribution in [2.45, 2.75) is 30.7 Å². The molecule has 2 N–H and O–H groups in total. The van der Waals surface area contributed by atoms with Gasteiger partial charge >= 0.3 is 0 Å². The lowest BCUT2D eigenvalue weighted by Gasteiger charge is -2.31. The van der Waals surface area contributed by atoms with E-state index >= 15 is 0 Å². The molecule has 0 amide bonds. The van der Waals surface area contributed by atoms with E-state index in [0.717, 1.165) is 36.6 Å². The number of piperidine rings is 1. The number of likely N-dealkylation sites (tertiary alicyclic amines) is 1. The number of nitrogens with one attached hydrogen (secondary N) is 2. The lowest BCUT2D eigenvalue weighted by atomic mass is 10.1. The summed E-state index contributed by atoms with van der Waals surface area (Å²) in [6, 6.07) is 8.06. The van der Waals surface area contributed by atoms with Crippen molar-refractivity contribution in [1.29, 1.82) is 0 Å². The summed E-state index contributed by atoms with van der Waals surface area (Å²) in [4.78, 5) is 12.3. The minimum absolute atomic E-state index is 0.332. The number of nitrogens with zero attached hydrogens (tertiary/aromatic N) is 1. The van der Waals surface area contributed by atoms with Crippen molar-refractivity contribution in [1.82, 2.24) is 9.62 Å². The molecule has 2 atom stereocenters. The van der Waals surface area contributed by atoms with E-state index in [0.29, 0.717) is 12.3 Å². The fraction of sp³-hybridized carbons (Fsp3) is 0.471. The minimum Gasteiger partial charge on any atom is -0.388 e. The molecule has 0 aliphatic carbocycles. The number of rotatable bonds is 6. The number of benzene rings is 1. The van der Waals surface area contributed by atoms with Crippen molar-refractivity contribution in [3.8, 4) is 0 Å². The van der Waals surface area contributed by atoms with E-state index < -0.39 is 11.0 Å². The SMILES string of the molecule is C=CC=O.CCN1CCCC(NS(=O)c2ccc(NC)cc2)C1. The largest absolute Gasteiger partial charge is 0.388 e. The van der Waals surface area contributed by atoms with Gasteiger partial charge in [0.2, 0.25) is 0 Å². The second-order valence-corrected chi connectivity index (χ2v) is 6.51. The van der Waals surface area contributed by atoms with Crippen LogP contribution in [0.5, 0.6) is 0 Å². The van der Waals surface area contributed by atoms with Crippen molar-refractivity contribution < 1.29 is 9.00 Å². The Labute approximate surface area is 141 Å². The molecular formula is C17H27N3O2S. The Kier molecular flexibility index (Phi) is 9.43. The maximum absolute atomic E-state index is 12.3. The number of carbonyl (C=O) groups is 1. The van der Waals surface area contributed by atoms with Gasteiger partial charge < -0.3 is 10.2 Å². The quantitative estimate of drug-likeness (QED) is 0.617. The number of carbonyl (C=O) groups excluding carboxylic acids is 1. The molecule has 128 valence electrons. The van der Waals surface area contributed by atoms with Gasteiger partial charge in [0, 0.05) is 25.3 Å². The predicted molar refractivity (Wildman–Crippen MR) is 96.9 cm³/mol. The Hall–Kier alpha value is -1.50.